The zero-order valence-electron chi connectivity index (χ0n) is 20.6. The van der Waals surface area contributed by atoms with Crippen molar-refractivity contribution in [1.29, 1.82) is 0 Å². The van der Waals surface area contributed by atoms with Crippen molar-refractivity contribution in [1.82, 2.24) is 10.2 Å². The summed E-state index contributed by atoms with van der Waals surface area (Å²) < 4.78 is 5.23. The first-order valence-electron chi connectivity index (χ1n) is 11.9. The second kappa shape index (κ2) is 10.2. The lowest BCUT2D eigenvalue weighted by atomic mass is 10.1. The van der Waals surface area contributed by atoms with Crippen molar-refractivity contribution in [2.45, 2.75) is 45.8 Å². The fourth-order valence-corrected chi connectivity index (χ4v) is 4.34. The van der Waals surface area contributed by atoms with Gasteiger partial charge in [-0.3, -0.25) is 19.3 Å². The van der Waals surface area contributed by atoms with Crippen molar-refractivity contribution in [3.63, 3.8) is 0 Å². The van der Waals surface area contributed by atoms with Crippen LogP contribution >= 0.6 is 0 Å². The molecule has 0 aromatic heterocycles. The molecule has 0 radical (unpaired) electrons. The summed E-state index contributed by atoms with van der Waals surface area (Å²) in [4.78, 5) is 42.9. The molecule has 182 valence electrons. The molecule has 3 amide bonds. The van der Waals surface area contributed by atoms with Gasteiger partial charge in [-0.15, -0.1) is 0 Å². The lowest BCUT2D eigenvalue weighted by molar-refractivity contribution is -0.139. The highest BCUT2D eigenvalue weighted by molar-refractivity contribution is 6.26. The van der Waals surface area contributed by atoms with Crippen LogP contribution in [-0.2, 0) is 16.1 Å². The lowest BCUT2D eigenvalue weighted by Gasteiger charge is -2.31. The van der Waals surface area contributed by atoms with Crippen molar-refractivity contribution in [3.05, 3.63) is 71.8 Å². The van der Waals surface area contributed by atoms with Gasteiger partial charge in [0.15, 0.2) is 0 Å². The molecule has 1 aliphatic heterocycles. The molecule has 0 aliphatic carbocycles. The minimum absolute atomic E-state index is 0.00449. The smallest absolute Gasteiger partial charge is 0.259 e. The van der Waals surface area contributed by atoms with E-state index in [2.05, 4.69) is 5.32 Å². The van der Waals surface area contributed by atoms with Gasteiger partial charge >= 0.3 is 0 Å². The van der Waals surface area contributed by atoms with Crippen LogP contribution < -0.4 is 15.0 Å². The van der Waals surface area contributed by atoms with Gasteiger partial charge in [0.25, 0.3) is 5.91 Å². The first-order valence-corrected chi connectivity index (χ1v) is 11.9. The van der Waals surface area contributed by atoms with E-state index in [1.807, 2.05) is 68.4 Å². The predicted octanol–water partition coefficient (Wildman–Crippen LogP) is 4.14. The van der Waals surface area contributed by atoms with Crippen molar-refractivity contribution >= 4 is 34.2 Å². The van der Waals surface area contributed by atoms with Gasteiger partial charge in [-0.25, -0.2) is 0 Å². The minimum Gasteiger partial charge on any atom is -0.497 e. The molecule has 3 aromatic carbocycles. The molecular formula is C28H31N3O4. The molecule has 1 heterocycles. The summed E-state index contributed by atoms with van der Waals surface area (Å²) >= 11 is 0. The van der Waals surface area contributed by atoms with Crippen molar-refractivity contribution in [2.75, 3.05) is 18.6 Å². The fourth-order valence-electron chi connectivity index (χ4n) is 4.34. The number of anilines is 1. The van der Waals surface area contributed by atoms with E-state index in [4.69, 9.17) is 4.74 Å². The summed E-state index contributed by atoms with van der Waals surface area (Å²) in [6, 6.07) is 18.0. The van der Waals surface area contributed by atoms with Crippen LogP contribution in [0.4, 0.5) is 5.69 Å². The Balaban J connectivity index is 1.61. The summed E-state index contributed by atoms with van der Waals surface area (Å²) in [5.74, 6) is -0.0147. The highest BCUT2D eigenvalue weighted by atomic mass is 16.5. The number of hydrogen-bond acceptors (Lipinski definition) is 4. The molecule has 3 aromatic rings. The largest absolute Gasteiger partial charge is 0.497 e. The Morgan fingerprint density at radius 2 is 1.71 bits per heavy atom. The number of ether oxygens (including phenoxy) is 1. The number of nitrogens with one attached hydrogen (secondary N) is 1. The minimum atomic E-state index is -0.713. The summed E-state index contributed by atoms with van der Waals surface area (Å²) in [5.41, 5.74) is 2.17. The zero-order valence-corrected chi connectivity index (χ0v) is 20.6. The highest BCUT2D eigenvalue weighted by Gasteiger charge is 2.34. The third-order valence-corrected chi connectivity index (χ3v) is 6.62. The summed E-state index contributed by atoms with van der Waals surface area (Å²) in [6.45, 7) is 5.73. The topological polar surface area (TPSA) is 79.0 Å². The van der Waals surface area contributed by atoms with Gasteiger partial charge in [0.2, 0.25) is 11.8 Å². The highest BCUT2D eigenvalue weighted by Crippen LogP contribution is 2.37. The van der Waals surface area contributed by atoms with E-state index in [1.54, 1.807) is 20.1 Å². The number of carbonyl (C=O) groups excluding carboxylic acids is 3. The van der Waals surface area contributed by atoms with Gasteiger partial charge in [0.1, 0.15) is 18.3 Å². The van der Waals surface area contributed by atoms with Crippen molar-refractivity contribution < 1.29 is 19.1 Å². The molecule has 0 saturated heterocycles. The van der Waals surface area contributed by atoms with Gasteiger partial charge in [-0.1, -0.05) is 43.3 Å². The molecule has 2 atom stereocenters. The zero-order chi connectivity index (χ0) is 25.1. The molecule has 0 unspecified atom stereocenters. The molecule has 0 fully saturated rings. The quantitative estimate of drug-likeness (QED) is 0.507. The first-order chi connectivity index (χ1) is 16.8. The molecule has 35 heavy (non-hydrogen) atoms. The third-order valence-electron chi connectivity index (χ3n) is 6.62. The number of benzene rings is 3. The first kappa shape index (κ1) is 24.3. The van der Waals surface area contributed by atoms with Crippen LogP contribution in [0.15, 0.2) is 60.7 Å². The molecule has 4 rings (SSSR count). The van der Waals surface area contributed by atoms with Crippen LogP contribution in [0.3, 0.4) is 0 Å². The molecular weight excluding hydrogens is 442 g/mol. The second-order valence-electron chi connectivity index (χ2n) is 8.94. The molecule has 0 saturated carbocycles. The average Bonchev–Trinajstić information content (AvgIpc) is 3.15. The number of rotatable bonds is 9. The molecule has 1 N–H and O–H groups in total. The van der Waals surface area contributed by atoms with Crippen molar-refractivity contribution in [3.8, 4) is 5.75 Å². The van der Waals surface area contributed by atoms with Gasteiger partial charge < -0.3 is 15.0 Å². The van der Waals surface area contributed by atoms with Crippen LogP contribution in [0.2, 0.25) is 0 Å². The normalized spacial score (nSPS) is 14.1. The number of amides is 3. The number of carbonyl (C=O) groups is 3. The Morgan fingerprint density at radius 3 is 2.37 bits per heavy atom. The van der Waals surface area contributed by atoms with E-state index >= 15 is 0 Å². The van der Waals surface area contributed by atoms with Crippen LogP contribution in [-0.4, -0.2) is 48.4 Å². The van der Waals surface area contributed by atoms with Crippen LogP contribution in [0.25, 0.3) is 10.8 Å². The van der Waals surface area contributed by atoms with Crippen LogP contribution in [0, 0.1) is 0 Å². The molecule has 0 spiro atoms. The van der Waals surface area contributed by atoms with Crippen LogP contribution in [0.1, 0.15) is 43.1 Å². The Labute approximate surface area is 205 Å². The average molecular weight is 474 g/mol. The predicted molar refractivity (Wildman–Crippen MR) is 137 cm³/mol. The van der Waals surface area contributed by atoms with E-state index in [1.165, 1.54) is 9.80 Å². The van der Waals surface area contributed by atoms with Gasteiger partial charge in [-0.2, -0.15) is 0 Å². The Morgan fingerprint density at radius 1 is 1.03 bits per heavy atom. The summed E-state index contributed by atoms with van der Waals surface area (Å²) in [6.07, 6.45) is 0.787. The van der Waals surface area contributed by atoms with Gasteiger partial charge in [0, 0.05) is 23.5 Å². The van der Waals surface area contributed by atoms with Crippen molar-refractivity contribution in [2.24, 2.45) is 0 Å². The Hall–Kier alpha value is -3.87. The number of hydrogen-bond donors (Lipinski definition) is 1. The van der Waals surface area contributed by atoms with Crippen LogP contribution in [0.5, 0.6) is 5.75 Å². The van der Waals surface area contributed by atoms with E-state index in [0.717, 1.165) is 28.4 Å². The number of nitrogens with zero attached hydrogens (tertiary/aromatic N) is 2. The molecule has 7 heteroatoms. The summed E-state index contributed by atoms with van der Waals surface area (Å²) in [7, 11) is 1.60. The van der Waals surface area contributed by atoms with E-state index in [0.29, 0.717) is 11.3 Å². The maximum absolute atomic E-state index is 13.7. The monoisotopic (exact) mass is 473 g/mol. The third kappa shape index (κ3) is 4.85. The van der Waals surface area contributed by atoms with E-state index in [-0.39, 0.29) is 36.9 Å². The fraction of sp³-hybridized carbons (Fsp3) is 0.321. The maximum Gasteiger partial charge on any atom is 0.259 e. The lowest BCUT2D eigenvalue weighted by Crippen LogP contribution is -2.52. The second-order valence-corrected chi connectivity index (χ2v) is 8.94. The molecule has 7 nitrogen and oxygen atoms in total. The Kier molecular flexibility index (Phi) is 7.05. The van der Waals surface area contributed by atoms with Gasteiger partial charge in [0.05, 0.1) is 12.8 Å². The SMILES string of the molecule is CC[C@@H](C)NC(=O)[C@@H](C)N(Cc1ccc(OC)cc1)C(=O)CN1C(=O)c2cccc3cccc1c23. The standard InChI is InChI=1S/C28H31N3O4/c1-5-18(2)29-27(33)19(3)30(16-20-12-14-22(35-4)15-13-20)25(32)17-31-24-11-7-9-21-8-6-10-23(26(21)24)28(31)34/h6-15,18-19H,5,16-17H2,1-4H3,(H,29,33)/t18-,19-/m1/s1. The maximum atomic E-state index is 13.7. The molecule has 1 aliphatic rings. The van der Waals surface area contributed by atoms with E-state index < -0.39 is 6.04 Å². The van der Waals surface area contributed by atoms with E-state index in [9.17, 15) is 14.4 Å². The number of methoxy groups -OCH3 is 1. The molecule has 0 bridgehead atoms. The summed E-state index contributed by atoms with van der Waals surface area (Å²) in [5, 5.41) is 4.78. The Bertz CT molecular complexity index is 1250. The van der Waals surface area contributed by atoms with Gasteiger partial charge in [-0.05, 0) is 55.5 Å².